The van der Waals surface area contributed by atoms with E-state index >= 15 is 0 Å². The van der Waals surface area contributed by atoms with Gasteiger partial charge in [0.25, 0.3) is 0 Å². The highest BCUT2D eigenvalue weighted by molar-refractivity contribution is 6.37. The van der Waals surface area contributed by atoms with E-state index in [4.69, 9.17) is 33.2 Å². The third kappa shape index (κ3) is 3.47. The molecule has 0 N–H and O–H groups in total. The van der Waals surface area contributed by atoms with Crippen molar-refractivity contribution >= 4 is 29.2 Å². The van der Waals surface area contributed by atoms with Gasteiger partial charge in [-0.3, -0.25) is 0 Å². The number of halogens is 5. The summed E-state index contributed by atoms with van der Waals surface area (Å²) in [7, 11) is 0. The molecule has 0 saturated carbocycles. The van der Waals surface area contributed by atoms with Crippen LogP contribution in [0.2, 0.25) is 10.0 Å². The Bertz CT molecular complexity index is 818. The van der Waals surface area contributed by atoms with E-state index in [9.17, 15) is 18.0 Å². The molecule has 0 aliphatic rings. The van der Waals surface area contributed by atoms with Crippen LogP contribution in [0.1, 0.15) is 28.5 Å². The summed E-state index contributed by atoms with van der Waals surface area (Å²) in [6.07, 6.45) is -3.49. The number of rotatable bonds is 3. The molecule has 126 valence electrons. The second-order valence-electron chi connectivity index (χ2n) is 4.45. The Hall–Kier alpha value is -2.24. The number of aromatic nitrogens is 2. The molecule has 1 aromatic carbocycles. The Labute approximate surface area is 144 Å². The van der Waals surface area contributed by atoms with Crippen molar-refractivity contribution in [3.63, 3.8) is 0 Å². The van der Waals surface area contributed by atoms with Crippen LogP contribution in [0, 0.1) is 11.3 Å². The zero-order chi connectivity index (χ0) is 18.1. The van der Waals surface area contributed by atoms with Crippen LogP contribution in [0.25, 0.3) is 5.69 Å². The Kier molecular flexibility index (Phi) is 5.06. The quantitative estimate of drug-likeness (QED) is 0.749. The molecular weight excluding hydrogens is 370 g/mol. The molecule has 0 aliphatic carbocycles. The fraction of sp³-hybridized carbons (Fsp3) is 0.214. The molecule has 2 rings (SSSR count). The van der Waals surface area contributed by atoms with E-state index in [-0.39, 0.29) is 33.6 Å². The van der Waals surface area contributed by atoms with E-state index < -0.39 is 17.7 Å². The highest BCUT2D eigenvalue weighted by Crippen LogP contribution is 2.37. The van der Waals surface area contributed by atoms with Crippen molar-refractivity contribution in [3.8, 4) is 11.8 Å². The van der Waals surface area contributed by atoms with Gasteiger partial charge < -0.3 is 4.74 Å². The van der Waals surface area contributed by atoms with Crippen LogP contribution < -0.4 is 0 Å². The third-order valence-corrected chi connectivity index (χ3v) is 3.45. The molecule has 0 amide bonds. The van der Waals surface area contributed by atoms with E-state index in [0.717, 1.165) is 10.9 Å². The van der Waals surface area contributed by atoms with Crippen molar-refractivity contribution in [2.75, 3.05) is 6.61 Å². The highest BCUT2D eigenvalue weighted by atomic mass is 35.5. The Morgan fingerprint density at radius 3 is 2.42 bits per heavy atom. The molecule has 0 bridgehead atoms. The van der Waals surface area contributed by atoms with E-state index in [0.29, 0.717) is 12.1 Å². The van der Waals surface area contributed by atoms with Crippen LogP contribution in [0.15, 0.2) is 18.3 Å². The predicted octanol–water partition coefficient (Wildman–Crippen LogP) is 4.25. The molecule has 1 aromatic heterocycles. The summed E-state index contributed by atoms with van der Waals surface area (Å²) in [5.74, 6) is -0.841. The van der Waals surface area contributed by atoms with Crippen LogP contribution in [-0.4, -0.2) is 22.4 Å². The number of ether oxygens (including phenoxy) is 1. The Morgan fingerprint density at radius 2 is 1.96 bits per heavy atom. The molecule has 0 unspecified atom stereocenters. The van der Waals surface area contributed by atoms with Crippen molar-refractivity contribution in [2.45, 2.75) is 13.1 Å². The zero-order valence-electron chi connectivity index (χ0n) is 12.0. The maximum absolute atomic E-state index is 12.8. The smallest absolute Gasteiger partial charge is 0.416 e. The fourth-order valence-corrected chi connectivity index (χ4v) is 2.53. The van der Waals surface area contributed by atoms with Gasteiger partial charge in [-0.25, -0.2) is 9.48 Å². The van der Waals surface area contributed by atoms with Gasteiger partial charge in [-0.1, -0.05) is 23.2 Å². The van der Waals surface area contributed by atoms with Crippen molar-refractivity contribution < 1.29 is 22.7 Å². The van der Waals surface area contributed by atoms with Gasteiger partial charge in [-0.05, 0) is 19.1 Å². The molecule has 0 fully saturated rings. The summed E-state index contributed by atoms with van der Waals surface area (Å²) in [5, 5.41) is 12.2. The lowest BCUT2D eigenvalue weighted by Crippen LogP contribution is -2.09. The molecule has 5 nitrogen and oxygen atoms in total. The molecule has 0 aliphatic heterocycles. The topological polar surface area (TPSA) is 67.9 Å². The first-order valence-electron chi connectivity index (χ1n) is 6.42. The van der Waals surface area contributed by atoms with Crippen LogP contribution >= 0.6 is 23.2 Å². The van der Waals surface area contributed by atoms with Crippen molar-refractivity contribution in [2.24, 2.45) is 0 Å². The second kappa shape index (κ2) is 6.71. The van der Waals surface area contributed by atoms with Gasteiger partial charge in [0.2, 0.25) is 0 Å². The number of carbonyl (C=O) groups excluding carboxylic acids is 1. The minimum atomic E-state index is -4.62. The first kappa shape index (κ1) is 18.1. The zero-order valence-corrected chi connectivity index (χ0v) is 13.5. The van der Waals surface area contributed by atoms with Gasteiger partial charge in [0, 0.05) is 6.20 Å². The molecule has 10 heteroatoms. The number of hydrogen-bond donors (Lipinski definition) is 0. The normalized spacial score (nSPS) is 11.2. The number of benzene rings is 1. The van der Waals surface area contributed by atoms with Crippen molar-refractivity contribution in [1.82, 2.24) is 9.78 Å². The molecule has 0 atom stereocenters. The maximum Gasteiger partial charge on any atom is 0.416 e. The highest BCUT2D eigenvalue weighted by Gasteiger charge is 2.32. The summed E-state index contributed by atoms with van der Waals surface area (Å²) in [6.45, 7) is 1.64. The average Bonchev–Trinajstić information content (AvgIpc) is 2.89. The summed E-state index contributed by atoms with van der Waals surface area (Å²) in [5.41, 5.74) is -1.52. The van der Waals surface area contributed by atoms with Crippen LogP contribution in [0.4, 0.5) is 13.2 Å². The Morgan fingerprint density at radius 1 is 1.38 bits per heavy atom. The molecule has 0 saturated heterocycles. The number of hydrogen-bond acceptors (Lipinski definition) is 4. The van der Waals surface area contributed by atoms with Gasteiger partial charge in [-0.2, -0.15) is 23.5 Å². The monoisotopic (exact) mass is 377 g/mol. The molecule has 24 heavy (non-hydrogen) atoms. The lowest BCUT2D eigenvalue weighted by Gasteiger charge is -2.12. The average molecular weight is 378 g/mol. The minimum Gasteiger partial charge on any atom is -0.461 e. The van der Waals surface area contributed by atoms with Gasteiger partial charge >= 0.3 is 12.1 Å². The first-order valence-corrected chi connectivity index (χ1v) is 7.18. The molecule has 0 radical (unpaired) electrons. The van der Waals surface area contributed by atoms with E-state index in [1.165, 1.54) is 0 Å². The molecule has 1 heterocycles. The standard InChI is InChI=1S/C14H8Cl2F3N3O2/c1-2-24-13(23)11-7(5-20)6-22(21-11)12-9(15)3-8(4-10(12)16)14(17,18)19/h3-4,6H,2H2,1H3. The molecule has 2 aromatic rings. The van der Waals surface area contributed by atoms with Gasteiger partial charge in [0.1, 0.15) is 17.3 Å². The summed E-state index contributed by atoms with van der Waals surface area (Å²) in [4.78, 5) is 11.8. The minimum absolute atomic E-state index is 0.0678. The van der Waals surface area contributed by atoms with Crippen LogP contribution in [0.3, 0.4) is 0 Å². The number of esters is 1. The van der Waals surface area contributed by atoms with E-state index in [1.807, 2.05) is 0 Å². The lowest BCUT2D eigenvalue weighted by atomic mass is 10.2. The van der Waals surface area contributed by atoms with Gasteiger partial charge in [-0.15, -0.1) is 0 Å². The number of carbonyl (C=O) groups is 1. The lowest BCUT2D eigenvalue weighted by molar-refractivity contribution is -0.137. The molecular formula is C14H8Cl2F3N3O2. The summed E-state index contributed by atoms with van der Waals surface area (Å²) in [6, 6.07) is 3.11. The second-order valence-corrected chi connectivity index (χ2v) is 5.27. The van der Waals surface area contributed by atoms with E-state index in [1.54, 1.807) is 13.0 Å². The van der Waals surface area contributed by atoms with Crippen molar-refractivity contribution in [3.05, 3.63) is 45.2 Å². The largest absolute Gasteiger partial charge is 0.461 e. The third-order valence-electron chi connectivity index (χ3n) is 2.88. The van der Waals surface area contributed by atoms with Crippen LogP contribution in [-0.2, 0) is 10.9 Å². The SMILES string of the molecule is CCOC(=O)c1nn(-c2c(Cl)cc(C(F)(F)F)cc2Cl)cc1C#N. The van der Waals surface area contributed by atoms with Crippen LogP contribution in [0.5, 0.6) is 0 Å². The number of nitrogens with zero attached hydrogens (tertiary/aromatic N) is 3. The maximum atomic E-state index is 12.8. The summed E-state index contributed by atoms with van der Waals surface area (Å²) >= 11 is 11.8. The van der Waals surface area contributed by atoms with Gasteiger partial charge in [0.15, 0.2) is 5.69 Å². The Balaban J connectivity index is 2.58. The van der Waals surface area contributed by atoms with Gasteiger partial charge in [0.05, 0.1) is 22.2 Å². The number of nitriles is 1. The molecule has 0 spiro atoms. The van der Waals surface area contributed by atoms with Crippen molar-refractivity contribution in [1.29, 1.82) is 5.26 Å². The van der Waals surface area contributed by atoms with E-state index in [2.05, 4.69) is 5.10 Å². The predicted molar refractivity (Wildman–Crippen MR) is 79.3 cm³/mol. The fourth-order valence-electron chi connectivity index (χ4n) is 1.87. The first-order chi connectivity index (χ1) is 11.2. The number of alkyl halides is 3. The summed E-state index contributed by atoms with van der Waals surface area (Å²) < 4.78 is 44.0.